The van der Waals surface area contributed by atoms with E-state index >= 15 is 0 Å². The number of hydrogen-bond acceptors (Lipinski definition) is 5. The first-order chi connectivity index (χ1) is 12.6. The Hall–Kier alpha value is -2.41. The van der Waals surface area contributed by atoms with Crippen LogP contribution in [0.3, 0.4) is 0 Å². The summed E-state index contributed by atoms with van der Waals surface area (Å²) in [7, 11) is 1.64. The molecule has 1 aromatic carbocycles. The van der Waals surface area contributed by atoms with Gasteiger partial charge in [-0.15, -0.1) is 11.3 Å². The Kier molecular flexibility index (Phi) is 5.88. The van der Waals surface area contributed by atoms with Crippen molar-refractivity contribution < 1.29 is 14.3 Å². The van der Waals surface area contributed by atoms with Crippen molar-refractivity contribution in [2.75, 3.05) is 19.0 Å². The minimum absolute atomic E-state index is 0.0295. The van der Waals surface area contributed by atoms with Gasteiger partial charge in [0, 0.05) is 18.8 Å². The van der Waals surface area contributed by atoms with Gasteiger partial charge in [0.2, 0.25) is 5.91 Å². The molecule has 1 unspecified atom stereocenters. The zero-order chi connectivity index (χ0) is 18.5. The summed E-state index contributed by atoms with van der Waals surface area (Å²) in [6.45, 7) is 2.14. The van der Waals surface area contributed by atoms with E-state index in [0.29, 0.717) is 17.4 Å². The zero-order valence-corrected chi connectivity index (χ0v) is 15.8. The maximum Gasteiger partial charge on any atom is 0.273 e. The molecule has 1 saturated heterocycles. The van der Waals surface area contributed by atoms with Crippen molar-refractivity contribution in [2.45, 2.75) is 38.6 Å². The van der Waals surface area contributed by atoms with Gasteiger partial charge in [-0.05, 0) is 30.5 Å². The normalized spacial score (nSPS) is 17.5. The molecular weight excluding hydrogens is 350 g/mol. The van der Waals surface area contributed by atoms with Crippen molar-refractivity contribution in [2.24, 2.45) is 0 Å². The lowest BCUT2D eigenvalue weighted by Gasteiger charge is -2.30. The van der Waals surface area contributed by atoms with Crippen LogP contribution in [-0.4, -0.2) is 35.4 Å². The number of carbonyl (C=O) groups is 2. The molecular formula is C19H23N3O3S. The quantitative estimate of drug-likeness (QED) is 0.883. The first-order valence-electron chi connectivity index (χ1n) is 8.76. The molecule has 0 bridgehead atoms. The Morgan fingerprint density at radius 2 is 2.00 bits per heavy atom. The van der Waals surface area contributed by atoms with Gasteiger partial charge in [0.25, 0.3) is 5.91 Å². The fourth-order valence-corrected chi connectivity index (χ4v) is 3.98. The Morgan fingerprint density at radius 3 is 2.69 bits per heavy atom. The molecule has 1 aliphatic rings. The first-order valence-corrected chi connectivity index (χ1v) is 9.64. The van der Waals surface area contributed by atoms with Crippen LogP contribution in [0.2, 0.25) is 0 Å². The van der Waals surface area contributed by atoms with Gasteiger partial charge in [0.15, 0.2) is 5.13 Å². The second-order valence-corrected chi connectivity index (χ2v) is 7.21. The average Bonchev–Trinajstić information content (AvgIpc) is 2.96. The summed E-state index contributed by atoms with van der Waals surface area (Å²) < 4.78 is 5.24. The summed E-state index contributed by atoms with van der Waals surface area (Å²) in [6, 6.07) is 7.95. The van der Waals surface area contributed by atoms with Crippen LogP contribution in [0.5, 0.6) is 5.75 Å². The average molecular weight is 373 g/mol. The molecule has 0 aliphatic carbocycles. The van der Waals surface area contributed by atoms with Crippen LogP contribution in [0.25, 0.3) is 0 Å². The van der Waals surface area contributed by atoms with E-state index in [-0.39, 0.29) is 17.9 Å². The van der Waals surface area contributed by atoms with Crippen LogP contribution in [0.1, 0.15) is 54.7 Å². The predicted octanol–water partition coefficient (Wildman–Crippen LogP) is 3.87. The number of carbonyl (C=O) groups excluding carboxylic acids is 2. The molecule has 1 aromatic heterocycles. The zero-order valence-electron chi connectivity index (χ0n) is 15.0. The van der Waals surface area contributed by atoms with E-state index in [2.05, 4.69) is 10.3 Å². The number of nitrogens with one attached hydrogen (secondary N) is 1. The number of likely N-dealkylation sites (tertiary alicyclic amines) is 1. The smallest absolute Gasteiger partial charge is 0.273 e. The fourth-order valence-electron chi connectivity index (χ4n) is 3.25. The lowest BCUT2D eigenvalue weighted by Crippen LogP contribution is -2.35. The summed E-state index contributed by atoms with van der Waals surface area (Å²) in [6.07, 6.45) is 4.13. The van der Waals surface area contributed by atoms with Gasteiger partial charge in [-0.2, -0.15) is 0 Å². The number of amides is 2. The van der Waals surface area contributed by atoms with E-state index in [9.17, 15) is 9.59 Å². The van der Waals surface area contributed by atoms with E-state index in [0.717, 1.165) is 37.0 Å². The van der Waals surface area contributed by atoms with Crippen LogP contribution < -0.4 is 10.1 Å². The second-order valence-electron chi connectivity index (χ2n) is 6.36. The topological polar surface area (TPSA) is 71.5 Å². The Balaban J connectivity index is 1.84. The van der Waals surface area contributed by atoms with Gasteiger partial charge >= 0.3 is 0 Å². The van der Waals surface area contributed by atoms with E-state index in [1.165, 1.54) is 18.3 Å². The number of hydrogen-bond donors (Lipinski definition) is 1. The molecule has 1 fully saturated rings. The number of aromatic nitrogens is 1. The van der Waals surface area contributed by atoms with Crippen LogP contribution in [0, 0.1) is 0 Å². The second kappa shape index (κ2) is 8.31. The highest BCUT2D eigenvalue weighted by Gasteiger charge is 2.29. The molecule has 26 heavy (non-hydrogen) atoms. The molecule has 2 aromatic rings. The van der Waals surface area contributed by atoms with Crippen molar-refractivity contribution in [3.8, 4) is 5.75 Å². The van der Waals surface area contributed by atoms with Crippen LogP contribution in [0.15, 0.2) is 29.6 Å². The van der Waals surface area contributed by atoms with Crippen molar-refractivity contribution >= 4 is 28.3 Å². The Labute approximate surface area is 157 Å². The summed E-state index contributed by atoms with van der Waals surface area (Å²) in [4.78, 5) is 30.5. The van der Waals surface area contributed by atoms with E-state index in [4.69, 9.17) is 4.74 Å². The van der Waals surface area contributed by atoms with Gasteiger partial charge in [0.05, 0.1) is 13.2 Å². The van der Waals surface area contributed by atoms with Crippen LogP contribution in [-0.2, 0) is 4.79 Å². The summed E-state index contributed by atoms with van der Waals surface area (Å²) in [5.74, 6) is 0.532. The summed E-state index contributed by atoms with van der Waals surface area (Å²) in [5.41, 5.74) is 1.50. The number of methoxy groups -OCH3 is 1. The lowest BCUT2D eigenvalue weighted by molar-refractivity contribution is -0.114. The predicted molar refractivity (Wildman–Crippen MR) is 102 cm³/mol. The molecule has 1 aliphatic heterocycles. The largest absolute Gasteiger partial charge is 0.497 e. The standard InChI is InChI=1S/C19H23N3O3S/c1-13(23)20-19-21-16(12-26-19)18(24)22-11-5-3-4-6-17(22)14-7-9-15(25-2)10-8-14/h7-10,12,17H,3-6,11H2,1-2H3,(H,20,21,23). The number of ether oxygens (including phenoxy) is 1. The highest BCUT2D eigenvalue weighted by atomic mass is 32.1. The molecule has 6 nitrogen and oxygen atoms in total. The maximum absolute atomic E-state index is 13.1. The van der Waals surface area contributed by atoms with Crippen molar-refractivity contribution in [3.63, 3.8) is 0 Å². The third-order valence-corrected chi connectivity index (χ3v) is 5.28. The SMILES string of the molecule is COc1ccc(C2CCCCCN2C(=O)c2csc(NC(C)=O)n2)cc1. The molecule has 1 atom stereocenters. The maximum atomic E-state index is 13.1. The molecule has 7 heteroatoms. The third kappa shape index (κ3) is 4.22. The number of benzene rings is 1. The van der Waals surface area contributed by atoms with E-state index < -0.39 is 0 Å². The Bertz CT molecular complexity index is 773. The number of nitrogens with zero attached hydrogens (tertiary/aromatic N) is 2. The molecule has 2 heterocycles. The van der Waals surface area contributed by atoms with Crippen molar-refractivity contribution in [3.05, 3.63) is 40.9 Å². The molecule has 0 spiro atoms. The minimum Gasteiger partial charge on any atom is -0.497 e. The molecule has 0 saturated carbocycles. The number of thiazole rings is 1. The molecule has 0 radical (unpaired) electrons. The van der Waals surface area contributed by atoms with Crippen molar-refractivity contribution in [1.29, 1.82) is 0 Å². The van der Waals surface area contributed by atoms with Crippen LogP contribution >= 0.6 is 11.3 Å². The number of rotatable bonds is 4. The van der Waals surface area contributed by atoms with Crippen molar-refractivity contribution in [1.82, 2.24) is 9.88 Å². The Morgan fingerprint density at radius 1 is 1.23 bits per heavy atom. The van der Waals surface area contributed by atoms with Gasteiger partial charge in [-0.3, -0.25) is 9.59 Å². The van der Waals surface area contributed by atoms with Gasteiger partial charge in [-0.1, -0.05) is 25.0 Å². The number of anilines is 1. The highest BCUT2D eigenvalue weighted by molar-refractivity contribution is 7.14. The van der Waals surface area contributed by atoms with Gasteiger partial charge in [0.1, 0.15) is 11.4 Å². The van der Waals surface area contributed by atoms with E-state index in [1.54, 1.807) is 12.5 Å². The minimum atomic E-state index is -0.191. The third-order valence-electron chi connectivity index (χ3n) is 4.52. The summed E-state index contributed by atoms with van der Waals surface area (Å²) in [5, 5.41) is 4.80. The monoisotopic (exact) mass is 373 g/mol. The molecule has 3 rings (SSSR count). The van der Waals surface area contributed by atoms with Gasteiger partial charge < -0.3 is 15.0 Å². The first kappa shape index (κ1) is 18.4. The molecule has 1 N–H and O–H groups in total. The molecule has 2 amide bonds. The fraction of sp³-hybridized carbons (Fsp3) is 0.421. The van der Waals surface area contributed by atoms with E-state index in [1.807, 2.05) is 29.2 Å². The summed E-state index contributed by atoms with van der Waals surface area (Å²) >= 11 is 1.27. The highest BCUT2D eigenvalue weighted by Crippen LogP contribution is 2.32. The lowest BCUT2D eigenvalue weighted by atomic mass is 10.0. The van der Waals surface area contributed by atoms with Crippen LogP contribution in [0.4, 0.5) is 5.13 Å². The molecule has 138 valence electrons. The van der Waals surface area contributed by atoms with Gasteiger partial charge in [-0.25, -0.2) is 4.98 Å².